The number of Topliss-reactive ketones (excluding diaryl/α,β-unsaturated/α-hetero) is 1. The van der Waals surface area contributed by atoms with Gasteiger partial charge in [0, 0.05) is 12.3 Å². The van der Waals surface area contributed by atoms with E-state index >= 15 is 0 Å². The number of carbonyl (C=O) groups is 2. The SMILES string of the molecule is CCC(C)(C)C(=O)NC[N+](C)(C)CC(C)=O.CNC[N+](C)(C)CC(O)C[N+](C)(C)C. The van der Waals surface area contributed by atoms with Crippen LogP contribution in [-0.2, 0) is 9.59 Å². The summed E-state index contributed by atoms with van der Waals surface area (Å²) in [4.78, 5) is 22.9. The highest BCUT2D eigenvalue weighted by Gasteiger charge is 2.27. The zero-order chi connectivity index (χ0) is 24.4. The molecule has 0 aliphatic rings. The van der Waals surface area contributed by atoms with Gasteiger partial charge >= 0.3 is 0 Å². The van der Waals surface area contributed by atoms with Crippen LogP contribution in [0.3, 0.4) is 0 Å². The van der Waals surface area contributed by atoms with Gasteiger partial charge < -0.3 is 23.9 Å². The van der Waals surface area contributed by atoms with E-state index in [1.807, 2.05) is 41.9 Å². The van der Waals surface area contributed by atoms with E-state index in [-0.39, 0.29) is 23.2 Å². The average Bonchev–Trinajstić information content (AvgIpc) is 2.49. The Bertz CT molecular complexity index is 525. The van der Waals surface area contributed by atoms with Crippen molar-refractivity contribution in [2.24, 2.45) is 5.41 Å². The molecule has 0 rings (SSSR count). The van der Waals surface area contributed by atoms with Crippen molar-refractivity contribution in [1.82, 2.24) is 10.6 Å². The fraction of sp³-hybridized carbons (Fsp3) is 0.909. The molecule has 0 aromatic carbocycles. The molecule has 3 N–H and O–H groups in total. The molecule has 0 aliphatic heterocycles. The van der Waals surface area contributed by atoms with E-state index in [2.05, 4.69) is 45.9 Å². The predicted molar refractivity (Wildman–Crippen MR) is 125 cm³/mol. The van der Waals surface area contributed by atoms with E-state index in [0.29, 0.717) is 17.7 Å². The first-order valence-electron chi connectivity index (χ1n) is 10.8. The normalized spacial score (nSPS) is 13.9. The molecule has 8 nitrogen and oxygen atoms in total. The highest BCUT2D eigenvalue weighted by molar-refractivity contribution is 5.81. The van der Waals surface area contributed by atoms with Gasteiger partial charge in [0.2, 0.25) is 5.91 Å². The van der Waals surface area contributed by atoms with Gasteiger partial charge in [0.05, 0.1) is 49.3 Å². The second-order valence-electron chi connectivity index (χ2n) is 11.5. The minimum absolute atomic E-state index is 0.0461. The largest absolute Gasteiger partial charge is 0.382 e. The number of amides is 1. The fourth-order valence-electron chi connectivity index (χ4n) is 3.10. The van der Waals surface area contributed by atoms with E-state index in [1.54, 1.807) is 6.92 Å². The van der Waals surface area contributed by atoms with Gasteiger partial charge in [-0.3, -0.25) is 14.9 Å². The van der Waals surface area contributed by atoms with Crippen molar-refractivity contribution in [2.45, 2.75) is 40.2 Å². The third-order valence-electron chi connectivity index (χ3n) is 4.87. The van der Waals surface area contributed by atoms with E-state index in [4.69, 9.17) is 0 Å². The zero-order valence-electron chi connectivity index (χ0n) is 21.9. The van der Waals surface area contributed by atoms with Crippen molar-refractivity contribution in [1.29, 1.82) is 0 Å². The Morgan fingerprint density at radius 2 is 1.43 bits per heavy atom. The number of nitrogens with zero attached hydrogens (tertiary/aromatic N) is 3. The molecule has 8 heteroatoms. The number of rotatable bonds is 12. The van der Waals surface area contributed by atoms with E-state index in [0.717, 1.165) is 35.1 Å². The zero-order valence-corrected chi connectivity index (χ0v) is 21.9. The lowest BCUT2D eigenvalue weighted by Crippen LogP contribution is -2.53. The van der Waals surface area contributed by atoms with Crippen molar-refractivity contribution in [3.05, 3.63) is 0 Å². The molecule has 30 heavy (non-hydrogen) atoms. The lowest BCUT2D eigenvalue weighted by Gasteiger charge is -2.33. The van der Waals surface area contributed by atoms with Crippen LogP contribution in [0.5, 0.6) is 0 Å². The molecule has 0 fully saturated rings. The number of hydrogen-bond acceptors (Lipinski definition) is 4. The highest BCUT2D eigenvalue weighted by atomic mass is 16.3. The van der Waals surface area contributed by atoms with Crippen molar-refractivity contribution in [2.75, 3.05) is 89.4 Å². The summed E-state index contributed by atoms with van der Waals surface area (Å²) in [5.41, 5.74) is -0.337. The van der Waals surface area contributed by atoms with Gasteiger partial charge in [-0.1, -0.05) is 20.8 Å². The lowest BCUT2D eigenvalue weighted by molar-refractivity contribution is -0.908. The first-order chi connectivity index (χ1) is 13.3. The van der Waals surface area contributed by atoms with Crippen molar-refractivity contribution in [3.8, 4) is 0 Å². The van der Waals surface area contributed by atoms with E-state index < -0.39 is 0 Å². The maximum absolute atomic E-state index is 11.8. The molecule has 0 aromatic rings. The molecule has 0 spiro atoms. The molecule has 0 saturated carbocycles. The number of quaternary nitrogens is 3. The average molecular weight is 435 g/mol. The quantitative estimate of drug-likeness (QED) is 0.308. The van der Waals surface area contributed by atoms with E-state index in [9.17, 15) is 14.7 Å². The summed E-state index contributed by atoms with van der Waals surface area (Å²) in [6, 6.07) is 0. The minimum atomic E-state index is -0.337. The minimum Gasteiger partial charge on any atom is -0.382 e. The van der Waals surface area contributed by atoms with Crippen molar-refractivity contribution >= 4 is 11.7 Å². The van der Waals surface area contributed by atoms with Gasteiger partial charge in [0.15, 0.2) is 18.6 Å². The standard InChI is InChI=1S/C12H24N2O2.C10H27N3O/c1-7-12(3,4)11(16)13-9-14(5,6)8-10(2)15;1-11-9-13(5,6)8-10(14)7-12(2,3)4/h7-9H2,1-6H3;10-11,14H,7-9H2,1-6H3/q;+2/p+1. The number of ketones is 1. The second-order valence-corrected chi connectivity index (χ2v) is 11.5. The maximum atomic E-state index is 11.8. The van der Waals surface area contributed by atoms with Crippen molar-refractivity contribution < 1.29 is 28.1 Å². The number of aliphatic hydroxyl groups is 1. The molecule has 0 bridgehead atoms. The Kier molecular flexibility index (Phi) is 13.2. The first-order valence-corrected chi connectivity index (χ1v) is 10.8. The smallest absolute Gasteiger partial charge is 0.229 e. The Balaban J connectivity index is 0. The molecule has 1 amide bonds. The predicted octanol–water partition coefficient (Wildman–Crippen LogP) is 0.469. The summed E-state index contributed by atoms with van der Waals surface area (Å²) in [6.45, 7) is 10.8. The molecule has 0 aromatic heterocycles. The molecule has 0 radical (unpaired) electrons. The monoisotopic (exact) mass is 434 g/mol. The maximum Gasteiger partial charge on any atom is 0.229 e. The van der Waals surface area contributed by atoms with Crippen LogP contribution < -0.4 is 10.6 Å². The van der Waals surface area contributed by atoms with Gasteiger partial charge in [0.1, 0.15) is 26.3 Å². The molecule has 0 heterocycles. The Hall–Kier alpha value is -1.06. The summed E-state index contributed by atoms with van der Waals surface area (Å²) in [5, 5.41) is 15.9. The lowest BCUT2D eigenvalue weighted by atomic mass is 9.89. The highest BCUT2D eigenvalue weighted by Crippen LogP contribution is 2.19. The second kappa shape index (κ2) is 12.7. The molecule has 0 aliphatic carbocycles. The fourth-order valence-corrected chi connectivity index (χ4v) is 3.10. The summed E-state index contributed by atoms with van der Waals surface area (Å²) in [6.07, 6.45) is 0.567. The van der Waals surface area contributed by atoms with Crippen LogP contribution in [0, 0.1) is 5.41 Å². The summed E-state index contributed by atoms with van der Waals surface area (Å²) in [5.74, 6) is 0.179. The summed E-state index contributed by atoms with van der Waals surface area (Å²) in [7, 11) is 16.3. The topological polar surface area (TPSA) is 78.4 Å². The number of carbonyl (C=O) groups excluding carboxylic acids is 2. The summed E-state index contributed by atoms with van der Waals surface area (Å²) >= 11 is 0. The Labute approximate surface area is 186 Å². The van der Waals surface area contributed by atoms with Gasteiger partial charge in [0.25, 0.3) is 0 Å². The van der Waals surface area contributed by atoms with Crippen LogP contribution in [0.1, 0.15) is 34.1 Å². The van der Waals surface area contributed by atoms with Crippen LogP contribution in [0.25, 0.3) is 0 Å². The Morgan fingerprint density at radius 1 is 0.933 bits per heavy atom. The molecular weight excluding hydrogens is 382 g/mol. The molecule has 0 saturated heterocycles. The molecule has 180 valence electrons. The molecule has 1 atom stereocenters. The first kappa shape index (κ1) is 31.1. The molecule has 1 unspecified atom stereocenters. The molecular formula is C22H52N5O3+3. The van der Waals surface area contributed by atoms with Crippen LogP contribution in [-0.4, -0.2) is 126 Å². The van der Waals surface area contributed by atoms with Gasteiger partial charge in [-0.15, -0.1) is 0 Å². The van der Waals surface area contributed by atoms with Gasteiger partial charge in [-0.25, -0.2) is 0 Å². The number of likely N-dealkylation sites (N-methyl/N-ethyl adjacent to an activating group) is 3. The number of nitrogens with one attached hydrogen (secondary N) is 2. The van der Waals surface area contributed by atoms with Crippen LogP contribution in [0.2, 0.25) is 0 Å². The van der Waals surface area contributed by atoms with Crippen molar-refractivity contribution in [3.63, 3.8) is 0 Å². The van der Waals surface area contributed by atoms with Crippen LogP contribution in [0.4, 0.5) is 0 Å². The van der Waals surface area contributed by atoms with Gasteiger partial charge in [-0.2, -0.15) is 0 Å². The van der Waals surface area contributed by atoms with Crippen LogP contribution >= 0.6 is 0 Å². The van der Waals surface area contributed by atoms with E-state index in [1.165, 1.54) is 0 Å². The number of hydrogen-bond donors (Lipinski definition) is 3. The summed E-state index contributed by atoms with van der Waals surface area (Å²) < 4.78 is 2.10. The Morgan fingerprint density at radius 3 is 1.80 bits per heavy atom. The van der Waals surface area contributed by atoms with Gasteiger partial charge in [-0.05, 0) is 13.5 Å². The third kappa shape index (κ3) is 16.7. The van der Waals surface area contributed by atoms with Crippen LogP contribution in [0.15, 0.2) is 0 Å². The number of aliphatic hydroxyl groups excluding tert-OH is 1. The third-order valence-corrected chi connectivity index (χ3v) is 4.87.